The molecule has 0 atom stereocenters. The molecule has 0 bridgehead atoms. The summed E-state index contributed by atoms with van der Waals surface area (Å²) in [6, 6.07) is 14.1. The number of carbonyl (C=O) groups excluding carboxylic acids is 2. The molecule has 178 valence electrons. The maximum Gasteiger partial charge on any atom is 0.253 e. The lowest BCUT2D eigenvalue weighted by molar-refractivity contribution is -0.120. The first-order valence-electron chi connectivity index (χ1n) is 11.1. The summed E-state index contributed by atoms with van der Waals surface area (Å²) in [4.78, 5) is 25.4. The number of hydrogen-bond donors (Lipinski definition) is 2. The Kier molecular flexibility index (Phi) is 8.67. The van der Waals surface area contributed by atoms with Crippen molar-refractivity contribution in [3.05, 3.63) is 64.1 Å². The van der Waals surface area contributed by atoms with Gasteiger partial charge in [0.1, 0.15) is 0 Å². The average molecular weight is 536 g/mol. The molecule has 2 aromatic carbocycles. The number of rotatable bonds is 8. The Morgan fingerprint density at radius 1 is 1.06 bits per heavy atom. The lowest BCUT2D eigenvalue weighted by Gasteiger charge is -2.30. The minimum atomic E-state index is -3.46. The summed E-state index contributed by atoms with van der Waals surface area (Å²) in [5.41, 5.74) is 1.61. The number of para-hydroxylation sites is 1. The second-order valence-electron chi connectivity index (χ2n) is 8.69. The molecule has 1 aliphatic heterocycles. The molecule has 0 aromatic heterocycles. The molecule has 7 nitrogen and oxygen atoms in total. The van der Waals surface area contributed by atoms with Crippen molar-refractivity contribution in [3.8, 4) is 0 Å². The molecule has 1 fully saturated rings. The fourth-order valence-electron chi connectivity index (χ4n) is 3.70. The van der Waals surface area contributed by atoms with E-state index in [2.05, 4.69) is 26.6 Å². The van der Waals surface area contributed by atoms with E-state index >= 15 is 0 Å². The van der Waals surface area contributed by atoms with Crippen LogP contribution in [0.2, 0.25) is 0 Å². The van der Waals surface area contributed by atoms with E-state index in [1.807, 2.05) is 26.0 Å². The van der Waals surface area contributed by atoms with Gasteiger partial charge >= 0.3 is 0 Å². The average Bonchev–Trinajstić information content (AvgIpc) is 2.79. The van der Waals surface area contributed by atoms with Gasteiger partial charge in [-0.3, -0.25) is 9.59 Å². The van der Waals surface area contributed by atoms with Gasteiger partial charge < -0.3 is 10.6 Å². The molecule has 0 radical (unpaired) electrons. The molecular formula is C24H30BrN3O4S. The highest BCUT2D eigenvalue weighted by atomic mass is 79.9. The Hall–Kier alpha value is -2.23. The fourth-order valence-corrected chi connectivity index (χ4v) is 5.52. The summed E-state index contributed by atoms with van der Waals surface area (Å²) in [5, 5.41) is 5.75. The molecule has 9 heteroatoms. The molecule has 0 unspecified atom stereocenters. The van der Waals surface area contributed by atoms with Crippen LogP contribution in [0.1, 0.15) is 42.6 Å². The summed E-state index contributed by atoms with van der Waals surface area (Å²) >= 11 is 3.35. The topological polar surface area (TPSA) is 95.6 Å². The molecule has 1 saturated heterocycles. The van der Waals surface area contributed by atoms with Gasteiger partial charge in [0, 0.05) is 30.0 Å². The minimum Gasteiger partial charge on any atom is -0.352 e. The highest BCUT2D eigenvalue weighted by Gasteiger charge is 2.31. The van der Waals surface area contributed by atoms with Gasteiger partial charge in [0.05, 0.1) is 17.0 Å². The second kappa shape index (κ2) is 11.3. The lowest BCUT2D eigenvalue weighted by Crippen LogP contribution is -2.42. The van der Waals surface area contributed by atoms with E-state index in [1.165, 1.54) is 4.31 Å². The van der Waals surface area contributed by atoms with Crippen LogP contribution in [-0.2, 0) is 20.6 Å². The smallest absolute Gasteiger partial charge is 0.253 e. The van der Waals surface area contributed by atoms with E-state index in [-0.39, 0.29) is 23.5 Å². The number of sulfonamides is 1. The molecule has 0 aliphatic carbocycles. The van der Waals surface area contributed by atoms with Crippen LogP contribution in [0.5, 0.6) is 0 Å². The van der Waals surface area contributed by atoms with Crippen LogP contribution in [0.15, 0.2) is 53.0 Å². The Balaban J connectivity index is 1.58. The van der Waals surface area contributed by atoms with Crippen molar-refractivity contribution in [1.29, 1.82) is 0 Å². The van der Waals surface area contributed by atoms with Crippen LogP contribution < -0.4 is 10.6 Å². The summed E-state index contributed by atoms with van der Waals surface area (Å²) in [6.07, 6.45) is 0.875. The third-order valence-electron chi connectivity index (χ3n) is 5.58. The zero-order valence-corrected chi connectivity index (χ0v) is 21.3. The molecule has 2 aromatic rings. The zero-order valence-electron chi connectivity index (χ0n) is 18.9. The monoisotopic (exact) mass is 535 g/mol. The van der Waals surface area contributed by atoms with E-state index in [4.69, 9.17) is 0 Å². The van der Waals surface area contributed by atoms with Gasteiger partial charge in [-0.2, -0.15) is 0 Å². The summed E-state index contributed by atoms with van der Waals surface area (Å²) in [6.45, 7) is 5.17. The summed E-state index contributed by atoms with van der Waals surface area (Å²) in [5.74, 6) is -0.468. The van der Waals surface area contributed by atoms with E-state index in [0.29, 0.717) is 49.6 Å². The number of carbonyl (C=O) groups is 2. The predicted molar refractivity (Wildman–Crippen MR) is 133 cm³/mol. The zero-order chi connectivity index (χ0) is 24.0. The summed E-state index contributed by atoms with van der Waals surface area (Å²) < 4.78 is 28.0. The number of nitrogens with zero attached hydrogens (tertiary/aromatic N) is 1. The van der Waals surface area contributed by atoms with Crippen LogP contribution in [0.4, 0.5) is 5.69 Å². The molecule has 1 heterocycles. The Bertz CT molecular complexity index is 1080. The first kappa shape index (κ1) is 25.4. The molecule has 2 amide bonds. The quantitative estimate of drug-likeness (QED) is 0.533. The van der Waals surface area contributed by atoms with Crippen molar-refractivity contribution in [2.75, 3.05) is 25.0 Å². The van der Waals surface area contributed by atoms with Crippen LogP contribution in [-0.4, -0.2) is 44.2 Å². The van der Waals surface area contributed by atoms with E-state index in [9.17, 15) is 18.0 Å². The fraction of sp³-hybridized carbons (Fsp3) is 0.417. The van der Waals surface area contributed by atoms with Crippen LogP contribution in [0, 0.1) is 11.8 Å². The van der Waals surface area contributed by atoms with Crippen molar-refractivity contribution in [2.45, 2.75) is 32.4 Å². The second-order valence-corrected chi connectivity index (χ2v) is 11.6. The first-order chi connectivity index (χ1) is 15.7. The summed E-state index contributed by atoms with van der Waals surface area (Å²) in [7, 11) is -3.46. The molecular weight excluding hydrogens is 506 g/mol. The van der Waals surface area contributed by atoms with Crippen molar-refractivity contribution in [3.63, 3.8) is 0 Å². The minimum absolute atomic E-state index is 0.0595. The molecule has 0 spiro atoms. The van der Waals surface area contributed by atoms with E-state index in [0.717, 1.165) is 10.0 Å². The van der Waals surface area contributed by atoms with Crippen LogP contribution in [0.25, 0.3) is 0 Å². The lowest BCUT2D eigenvalue weighted by atomic mass is 9.97. The van der Waals surface area contributed by atoms with Crippen molar-refractivity contribution < 1.29 is 18.0 Å². The standard InChI is InChI=1S/C24H30BrN3O4S/c1-17(2)15-26-24(30)21-5-3-4-6-22(21)27-23(29)19-11-13-28(14-12-19)33(31,32)16-18-7-9-20(25)10-8-18/h3-10,17,19H,11-16H2,1-2H3,(H,26,30)(H,27,29). The van der Waals surface area contributed by atoms with Gasteiger partial charge in [-0.1, -0.05) is 54.0 Å². The highest BCUT2D eigenvalue weighted by molar-refractivity contribution is 9.10. The first-order valence-corrected chi connectivity index (χ1v) is 13.5. The van der Waals surface area contributed by atoms with Gasteiger partial charge in [0.2, 0.25) is 15.9 Å². The molecule has 33 heavy (non-hydrogen) atoms. The van der Waals surface area contributed by atoms with Crippen molar-refractivity contribution in [1.82, 2.24) is 9.62 Å². The Labute approximate surface area is 204 Å². The Morgan fingerprint density at radius 2 is 1.70 bits per heavy atom. The molecule has 2 N–H and O–H groups in total. The maximum absolute atomic E-state index is 12.9. The van der Waals surface area contributed by atoms with Crippen LogP contribution >= 0.6 is 15.9 Å². The highest BCUT2D eigenvalue weighted by Crippen LogP contribution is 2.24. The van der Waals surface area contributed by atoms with E-state index in [1.54, 1.807) is 36.4 Å². The number of amides is 2. The van der Waals surface area contributed by atoms with Gasteiger partial charge in [0.25, 0.3) is 5.91 Å². The van der Waals surface area contributed by atoms with Gasteiger partial charge in [-0.15, -0.1) is 0 Å². The number of halogens is 1. The molecule has 0 saturated carbocycles. The maximum atomic E-state index is 12.9. The van der Waals surface area contributed by atoms with Gasteiger partial charge in [-0.25, -0.2) is 12.7 Å². The number of anilines is 1. The molecule has 1 aliphatic rings. The van der Waals surface area contributed by atoms with Gasteiger partial charge in [0.15, 0.2) is 0 Å². The predicted octanol–water partition coefficient (Wildman–Crippen LogP) is 4.02. The van der Waals surface area contributed by atoms with Gasteiger partial charge in [-0.05, 0) is 48.6 Å². The third kappa shape index (κ3) is 7.12. The van der Waals surface area contributed by atoms with Crippen LogP contribution in [0.3, 0.4) is 0 Å². The SMILES string of the molecule is CC(C)CNC(=O)c1ccccc1NC(=O)C1CCN(S(=O)(=O)Cc2ccc(Br)cc2)CC1. The normalized spacial score (nSPS) is 15.4. The number of piperidine rings is 1. The largest absolute Gasteiger partial charge is 0.352 e. The number of benzene rings is 2. The Morgan fingerprint density at radius 3 is 2.33 bits per heavy atom. The third-order valence-corrected chi connectivity index (χ3v) is 7.96. The van der Waals surface area contributed by atoms with Crippen molar-refractivity contribution in [2.24, 2.45) is 11.8 Å². The van der Waals surface area contributed by atoms with E-state index < -0.39 is 10.0 Å². The number of nitrogens with one attached hydrogen (secondary N) is 2. The van der Waals surface area contributed by atoms with Crippen molar-refractivity contribution >= 4 is 43.5 Å². The molecule has 3 rings (SSSR count). The number of hydrogen-bond acceptors (Lipinski definition) is 4.